The summed E-state index contributed by atoms with van der Waals surface area (Å²) in [5, 5.41) is 3.70. The van der Waals surface area contributed by atoms with Crippen LogP contribution in [0.5, 0.6) is 5.75 Å². The summed E-state index contributed by atoms with van der Waals surface area (Å²) in [6, 6.07) is 2.88. The number of ether oxygens (including phenoxy) is 1. The molecule has 0 saturated heterocycles. The van der Waals surface area contributed by atoms with Gasteiger partial charge in [0.15, 0.2) is 12.4 Å². The lowest BCUT2D eigenvalue weighted by atomic mass is 10.1. The average Bonchev–Trinajstić information content (AvgIpc) is 2.73. The summed E-state index contributed by atoms with van der Waals surface area (Å²) in [4.78, 5) is 4.03. The fourth-order valence-corrected chi connectivity index (χ4v) is 1.33. The molecule has 1 aromatic heterocycles. The second kappa shape index (κ2) is 4.93. The molecule has 2 aromatic rings. The third-order valence-electron chi connectivity index (χ3n) is 2.24. The highest BCUT2D eigenvalue weighted by Crippen LogP contribution is 2.17. The number of nitrogens with two attached hydrogens (primary N) is 1. The number of benzene rings is 1. The Bertz CT molecular complexity index is 558. The van der Waals surface area contributed by atoms with Crippen molar-refractivity contribution in [1.82, 2.24) is 10.1 Å². The van der Waals surface area contributed by atoms with Crippen molar-refractivity contribution in [3.05, 3.63) is 41.5 Å². The van der Waals surface area contributed by atoms with E-state index in [1.165, 1.54) is 0 Å². The fourth-order valence-electron chi connectivity index (χ4n) is 1.33. The second-order valence-electron chi connectivity index (χ2n) is 4.63. The fraction of sp³-hybridized carbons (Fsp3) is 0.333. The van der Waals surface area contributed by atoms with Crippen molar-refractivity contribution < 1.29 is 18.0 Å². The van der Waals surface area contributed by atoms with E-state index >= 15 is 0 Å². The Labute approximate surface area is 108 Å². The molecular weight excluding hydrogens is 256 g/mol. The van der Waals surface area contributed by atoms with Crippen molar-refractivity contribution in [2.24, 2.45) is 5.73 Å². The summed E-state index contributed by atoms with van der Waals surface area (Å²) in [6.07, 6.45) is 0. The van der Waals surface area contributed by atoms with Crippen LogP contribution >= 0.6 is 0 Å². The van der Waals surface area contributed by atoms with E-state index in [9.17, 15) is 8.78 Å². The van der Waals surface area contributed by atoms with Crippen molar-refractivity contribution >= 4 is 0 Å². The number of hydrogen-bond acceptors (Lipinski definition) is 5. The first-order valence-electron chi connectivity index (χ1n) is 5.55. The van der Waals surface area contributed by atoms with Crippen LogP contribution in [0.25, 0.3) is 0 Å². The lowest BCUT2D eigenvalue weighted by Crippen LogP contribution is -2.30. The smallest absolute Gasteiger partial charge is 0.264 e. The maximum Gasteiger partial charge on any atom is 0.264 e. The molecule has 0 fully saturated rings. The van der Waals surface area contributed by atoms with Gasteiger partial charge < -0.3 is 15.0 Å². The van der Waals surface area contributed by atoms with Gasteiger partial charge in [0.1, 0.15) is 17.4 Å². The number of halogens is 2. The van der Waals surface area contributed by atoms with Gasteiger partial charge in [-0.3, -0.25) is 0 Å². The van der Waals surface area contributed by atoms with E-state index < -0.39 is 17.2 Å². The Morgan fingerprint density at radius 1 is 1.26 bits per heavy atom. The Morgan fingerprint density at radius 3 is 2.42 bits per heavy atom. The van der Waals surface area contributed by atoms with E-state index in [-0.39, 0.29) is 18.2 Å². The van der Waals surface area contributed by atoms with Crippen LogP contribution in [0, 0.1) is 11.6 Å². The molecule has 0 saturated carbocycles. The standard InChI is InChI=1S/C12H13F2N3O2/c1-12(2,15)11-16-10(19-17-11)6-18-9-4-7(13)3-8(14)5-9/h3-5H,6,15H2,1-2H3. The van der Waals surface area contributed by atoms with Crippen LogP contribution in [0.1, 0.15) is 25.6 Å². The summed E-state index contributed by atoms with van der Waals surface area (Å²) in [6.45, 7) is 3.36. The molecule has 5 nitrogen and oxygen atoms in total. The third kappa shape index (κ3) is 3.47. The molecule has 0 aliphatic carbocycles. The maximum absolute atomic E-state index is 12.9. The Morgan fingerprint density at radius 2 is 1.89 bits per heavy atom. The topological polar surface area (TPSA) is 74.2 Å². The molecule has 0 spiro atoms. The van der Waals surface area contributed by atoms with Gasteiger partial charge in [0.05, 0.1) is 5.54 Å². The first-order chi connectivity index (χ1) is 8.84. The number of hydrogen-bond donors (Lipinski definition) is 1. The molecular formula is C12H13F2N3O2. The number of rotatable bonds is 4. The molecule has 0 aliphatic heterocycles. The zero-order chi connectivity index (χ0) is 14.0. The maximum atomic E-state index is 12.9. The van der Waals surface area contributed by atoms with E-state index in [0.717, 1.165) is 18.2 Å². The molecule has 1 aromatic carbocycles. The van der Waals surface area contributed by atoms with Crippen molar-refractivity contribution in [2.45, 2.75) is 26.0 Å². The number of nitrogens with zero attached hydrogens (tertiary/aromatic N) is 2. The number of aromatic nitrogens is 2. The third-order valence-corrected chi connectivity index (χ3v) is 2.24. The van der Waals surface area contributed by atoms with Gasteiger partial charge in [-0.2, -0.15) is 4.98 Å². The molecule has 0 unspecified atom stereocenters. The van der Waals surface area contributed by atoms with Gasteiger partial charge in [0, 0.05) is 18.2 Å². The van der Waals surface area contributed by atoms with Crippen molar-refractivity contribution in [3.8, 4) is 5.75 Å². The lowest BCUT2D eigenvalue weighted by Gasteiger charge is -2.11. The van der Waals surface area contributed by atoms with Gasteiger partial charge in [-0.1, -0.05) is 5.16 Å². The van der Waals surface area contributed by atoms with E-state index in [1.807, 2.05) is 0 Å². The van der Waals surface area contributed by atoms with Crippen molar-refractivity contribution in [3.63, 3.8) is 0 Å². The zero-order valence-electron chi connectivity index (χ0n) is 10.5. The molecule has 2 rings (SSSR count). The Balaban J connectivity index is 2.04. The van der Waals surface area contributed by atoms with Crippen LogP contribution in [0.2, 0.25) is 0 Å². The minimum absolute atomic E-state index is 0.0456. The predicted octanol–water partition coefficient (Wildman–Crippen LogP) is 2.12. The minimum Gasteiger partial charge on any atom is -0.484 e. The molecule has 0 amide bonds. The molecule has 0 radical (unpaired) electrons. The quantitative estimate of drug-likeness (QED) is 0.920. The summed E-state index contributed by atoms with van der Waals surface area (Å²) in [7, 11) is 0. The molecule has 0 atom stereocenters. The SMILES string of the molecule is CC(C)(N)c1noc(COc2cc(F)cc(F)c2)n1. The van der Waals surface area contributed by atoms with Crippen molar-refractivity contribution in [1.29, 1.82) is 0 Å². The first-order valence-corrected chi connectivity index (χ1v) is 5.55. The summed E-state index contributed by atoms with van der Waals surface area (Å²) in [5.74, 6) is -0.882. The lowest BCUT2D eigenvalue weighted by molar-refractivity contribution is 0.240. The van der Waals surface area contributed by atoms with Gasteiger partial charge in [-0.25, -0.2) is 8.78 Å². The average molecular weight is 269 g/mol. The van der Waals surface area contributed by atoms with E-state index in [0.29, 0.717) is 5.82 Å². The minimum atomic E-state index is -0.729. The van der Waals surface area contributed by atoms with Crippen LogP contribution in [-0.2, 0) is 12.1 Å². The largest absolute Gasteiger partial charge is 0.484 e. The normalized spacial score (nSPS) is 11.6. The van der Waals surface area contributed by atoms with E-state index in [2.05, 4.69) is 10.1 Å². The van der Waals surface area contributed by atoms with Gasteiger partial charge in [0.2, 0.25) is 0 Å². The molecule has 1 heterocycles. The van der Waals surface area contributed by atoms with Crippen LogP contribution in [0.15, 0.2) is 22.7 Å². The molecule has 102 valence electrons. The second-order valence-corrected chi connectivity index (χ2v) is 4.63. The zero-order valence-corrected chi connectivity index (χ0v) is 10.5. The van der Waals surface area contributed by atoms with Gasteiger partial charge >= 0.3 is 0 Å². The van der Waals surface area contributed by atoms with Crippen molar-refractivity contribution in [2.75, 3.05) is 0 Å². The van der Waals surface area contributed by atoms with Crippen LogP contribution in [-0.4, -0.2) is 10.1 Å². The summed E-state index contributed by atoms with van der Waals surface area (Å²) >= 11 is 0. The van der Waals surface area contributed by atoms with Crippen LogP contribution < -0.4 is 10.5 Å². The van der Waals surface area contributed by atoms with Gasteiger partial charge in [-0.05, 0) is 13.8 Å². The summed E-state index contributed by atoms with van der Waals surface area (Å²) in [5.41, 5.74) is 5.06. The molecule has 0 aliphatic rings. The predicted molar refractivity (Wildman–Crippen MR) is 62.2 cm³/mol. The van der Waals surface area contributed by atoms with Gasteiger partial charge in [0.25, 0.3) is 5.89 Å². The van der Waals surface area contributed by atoms with Crippen LogP contribution in [0.4, 0.5) is 8.78 Å². The molecule has 7 heteroatoms. The Hall–Kier alpha value is -2.02. The molecule has 19 heavy (non-hydrogen) atoms. The molecule has 0 bridgehead atoms. The highest BCUT2D eigenvalue weighted by atomic mass is 19.1. The van der Waals surface area contributed by atoms with Gasteiger partial charge in [-0.15, -0.1) is 0 Å². The summed E-state index contributed by atoms with van der Waals surface area (Å²) < 4.78 is 35.9. The van der Waals surface area contributed by atoms with E-state index in [4.69, 9.17) is 15.0 Å². The first kappa shape index (κ1) is 13.4. The monoisotopic (exact) mass is 269 g/mol. The highest BCUT2D eigenvalue weighted by molar-refractivity contribution is 5.23. The van der Waals surface area contributed by atoms with Crippen LogP contribution in [0.3, 0.4) is 0 Å². The highest BCUT2D eigenvalue weighted by Gasteiger charge is 2.21. The Kier molecular flexibility index (Phi) is 3.48. The van der Waals surface area contributed by atoms with E-state index in [1.54, 1.807) is 13.8 Å². The molecule has 2 N–H and O–H groups in total.